The fourth-order valence-electron chi connectivity index (χ4n) is 2.06. The number of sulfonamides is 1. The van der Waals surface area contributed by atoms with Crippen molar-refractivity contribution in [1.82, 2.24) is 0 Å². The van der Waals surface area contributed by atoms with Crippen molar-refractivity contribution in [2.24, 2.45) is 0 Å². The summed E-state index contributed by atoms with van der Waals surface area (Å²) in [5, 5.41) is 9.52. The van der Waals surface area contributed by atoms with E-state index < -0.39 is 22.0 Å². The molecule has 1 atom stereocenters. The van der Waals surface area contributed by atoms with Crippen LogP contribution in [0.2, 0.25) is 10.0 Å². The lowest BCUT2D eigenvalue weighted by Gasteiger charge is -2.29. The molecule has 24 heavy (non-hydrogen) atoms. The molecule has 0 radical (unpaired) electrons. The van der Waals surface area contributed by atoms with Gasteiger partial charge in [0, 0.05) is 8.59 Å². The number of hydrogen-bond acceptors (Lipinski definition) is 3. The molecule has 0 aliphatic rings. The van der Waals surface area contributed by atoms with Gasteiger partial charge < -0.3 is 5.11 Å². The molecule has 1 unspecified atom stereocenters. The molecule has 128 valence electrons. The predicted octanol–water partition coefficient (Wildman–Crippen LogP) is 4.27. The fourth-order valence-corrected chi connectivity index (χ4v) is 5.24. The zero-order valence-electron chi connectivity index (χ0n) is 12.3. The Balaban J connectivity index is 2.73. The van der Waals surface area contributed by atoms with Gasteiger partial charge in [-0.25, -0.2) is 13.2 Å². The number of carboxylic acid groups (broad SMARTS) is 1. The zero-order valence-corrected chi connectivity index (χ0v) is 16.8. The van der Waals surface area contributed by atoms with Gasteiger partial charge in [-0.2, -0.15) is 0 Å². The van der Waals surface area contributed by atoms with Crippen LogP contribution in [0, 0.1) is 3.57 Å². The summed E-state index contributed by atoms with van der Waals surface area (Å²) in [6.07, 6.45) is 0. The minimum absolute atomic E-state index is 0.0343. The van der Waals surface area contributed by atoms with E-state index in [9.17, 15) is 18.3 Å². The lowest BCUT2D eigenvalue weighted by atomic mass is 10.2. The first-order valence-electron chi connectivity index (χ1n) is 6.63. The van der Waals surface area contributed by atoms with E-state index in [0.29, 0.717) is 3.57 Å². The highest BCUT2D eigenvalue weighted by Gasteiger charge is 2.35. The number of carboxylic acids is 1. The molecule has 2 aromatic carbocycles. The average Bonchev–Trinajstić information content (AvgIpc) is 2.51. The molecule has 0 aliphatic carbocycles. The molecule has 0 aromatic heterocycles. The van der Waals surface area contributed by atoms with Crippen LogP contribution in [-0.4, -0.2) is 25.5 Å². The quantitative estimate of drug-likeness (QED) is 0.623. The first-order valence-corrected chi connectivity index (χ1v) is 9.90. The summed E-state index contributed by atoms with van der Waals surface area (Å²) in [5.41, 5.74) is 0.254. The van der Waals surface area contributed by atoms with Crippen molar-refractivity contribution >= 4 is 67.5 Å². The van der Waals surface area contributed by atoms with Gasteiger partial charge in [-0.05, 0) is 59.8 Å². The van der Waals surface area contributed by atoms with Crippen molar-refractivity contribution in [2.75, 3.05) is 4.31 Å². The van der Waals surface area contributed by atoms with Crippen molar-refractivity contribution < 1.29 is 18.3 Å². The van der Waals surface area contributed by atoms with Crippen molar-refractivity contribution in [3.63, 3.8) is 0 Å². The third-order valence-corrected chi connectivity index (χ3v) is 6.74. The SMILES string of the molecule is CC(C(=O)O)N(c1ccccc1I)S(=O)(=O)c1cc(Cl)ccc1Cl. The van der Waals surface area contributed by atoms with Crippen molar-refractivity contribution in [2.45, 2.75) is 17.9 Å². The van der Waals surface area contributed by atoms with Gasteiger partial charge in [-0.15, -0.1) is 0 Å². The van der Waals surface area contributed by atoms with Crippen LogP contribution >= 0.6 is 45.8 Å². The van der Waals surface area contributed by atoms with Crippen LogP contribution in [0.3, 0.4) is 0 Å². The molecule has 0 fully saturated rings. The molecule has 5 nitrogen and oxygen atoms in total. The van der Waals surface area contributed by atoms with Gasteiger partial charge in [0.25, 0.3) is 10.0 Å². The Bertz CT molecular complexity index is 889. The first-order chi connectivity index (χ1) is 11.2. The Morgan fingerprint density at radius 3 is 2.42 bits per heavy atom. The Labute approximate surface area is 163 Å². The Hall–Kier alpha value is -1.03. The standard InChI is InChI=1S/C15H12Cl2INO4S/c1-9(15(20)21)19(13-5-3-2-4-12(13)18)24(22,23)14-8-10(16)6-7-11(14)17/h2-9H,1H3,(H,20,21). The fraction of sp³-hybridized carbons (Fsp3) is 0.133. The summed E-state index contributed by atoms with van der Waals surface area (Å²) >= 11 is 13.9. The third kappa shape index (κ3) is 3.79. The van der Waals surface area contributed by atoms with E-state index in [4.69, 9.17) is 23.2 Å². The maximum atomic E-state index is 13.1. The number of halogens is 3. The molecule has 0 aliphatic heterocycles. The van der Waals surface area contributed by atoms with Crippen LogP contribution < -0.4 is 4.31 Å². The smallest absolute Gasteiger partial charge is 0.327 e. The summed E-state index contributed by atoms with van der Waals surface area (Å²) in [7, 11) is -4.24. The predicted molar refractivity (Wildman–Crippen MR) is 102 cm³/mol. The van der Waals surface area contributed by atoms with Crippen LogP contribution in [0.5, 0.6) is 0 Å². The number of rotatable bonds is 5. The monoisotopic (exact) mass is 499 g/mol. The summed E-state index contributed by atoms with van der Waals surface area (Å²) in [5.74, 6) is -1.28. The Kier molecular flexibility index (Phi) is 6.00. The van der Waals surface area contributed by atoms with E-state index in [1.54, 1.807) is 18.2 Å². The molecule has 1 N–H and O–H groups in total. The van der Waals surface area contributed by atoms with Crippen molar-refractivity contribution in [3.8, 4) is 0 Å². The highest BCUT2D eigenvalue weighted by molar-refractivity contribution is 14.1. The summed E-state index contributed by atoms with van der Waals surface area (Å²) in [6.45, 7) is 1.29. The van der Waals surface area contributed by atoms with Gasteiger partial charge in [0.1, 0.15) is 10.9 Å². The van der Waals surface area contributed by atoms with Gasteiger partial charge in [-0.1, -0.05) is 35.3 Å². The highest BCUT2D eigenvalue weighted by atomic mass is 127. The number of hydrogen-bond donors (Lipinski definition) is 1. The van der Waals surface area contributed by atoms with Gasteiger partial charge in [0.15, 0.2) is 0 Å². The van der Waals surface area contributed by atoms with Gasteiger partial charge in [0.05, 0.1) is 10.7 Å². The van der Waals surface area contributed by atoms with Crippen LogP contribution in [0.15, 0.2) is 47.4 Å². The lowest BCUT2D eigenvalue weighted by Crippen LogP contribution is -2.44. The zero-order chi connectivity index (χ0) is 18.1. The van der Waals surface area contributed by atoms with Gasteiger partial charge in [0.2, 0.25) is 0 Å². The largest absolute Gasteiger partial charge is 0.480 e. The molecule has 0 heterocycles. The molecule has 0 amide bonds. The van der Waals surface area contributed by atoms with Crippen LogP contribution in [0.1, 0.15) is 6.92 Å². The molecular weight excluding hydrogens is 488 g/mol. The van der Waals surface area contributed by atoms with E-state index in [-0.39, 0.29) is 20.6 Å². The van der Waals surface area contributed by atoms with E-state index in [0.717, 1.165) is 4.31 Å². The summed E-state index contributed by atoms with van der Waals surface area (Å²) in [6, 6.07) is 9.28. The molecule has 0 spiro atoms. The summed E-state index contributed by atoms with van der Waals surface area (Å²) < 4.78 is 27.7. The third-order valence-electron chi connectivity index (χ3n) is 3.23. The number of nitrogens with zero attached hydrogens (tertiary/aromatic N) is 1. The molecule has 0 saturated heterocycles. The Morgan fingerprint density at radius 1 is 1.21 bits per heavy atom. The maximum absolute atomic E-state index is 13.1. The number of carbonyl (C=O) groups is 1. The van der Waals surface area contributed by atoms with E-state index >= 15 is 0 Å². The normalized spacial score (nSPS) is 12.7. The second-order valence-corrected chi connectivity index (χ2v) is 8.63. The van der Waals surface area contributed by atoms with Crippen molar-refractivity contribution in [1.29, 1.82) is 0 Å². The van der Waals surface area contributed by atoms with Crippen LogP contribution in [0.4, 0.5) is 5.69 Å². The van der Waals surface area contributed by atoms with E-state index in [1.165, 1.54) is 31.2 Å². The van der Waals surface area contributed by atoms with E-state index in [1.807, 2.05) is 22.6 Å². The maximum Gasteiger partial charge on any atom is 0.327 e. The summed E-state index contributed by atoms with van der Waals surface area (Å²) in [4.78, 5) is 11.2. The molecule has 2 aromatic rings. The molecular formula is C15H12Cl2INO4S. The molecule has 0 bridgehead atoms. The number of aliphatic carboxylic acids is 1. The second kappa shape index (κ2) is 7.47. The topological polar surface area (TPSA) is 74.7 Å². The number of anilines is 1. The van der Waals surface area contributed by atoms with Crippen LogP contribution in [-0.2, 0) is 14.8 Å². The first kappa shape index (κ1) is 19.3. The minimum atomic E-state index is -4.24. The Morgan fingerprint density at radius 2 is 1.83 bits per heavy atom. The van der Waals surface area contributed by atoms with E-state index in [2.05, 4.69) is 0 Å². The van der Waals surface area contributed by atoms with Crippen LogP contribution in [0.25, 0.3) is 0 Å². The van der Waals surface area contributed by atoms with Gasteiger partial charge in [-0.3, -0.25) is 4.31 Å². The lowest BCUT2D eigenvalue weighted by molar-refractivity contribution is -0.137. The molecule has 9 heteroatoms. The second-order valence-electron chi connectivity index (χ2n) is 4.84. The number of para-hydroxylation sites is 1. The minimum Gasteiger partial charge on any atom is -0.480 e. The highest BCUT2D eigenvalue weighted by Crippen LogP contribution is 2.34. The van der Waals surface area contributed by atoms with Gasteiger partial charge >= 0.3 is 5.97 Å². The average molecular weight is 500 g/mol. The number of benzene rings is 2. The molecule has 0 saturated carbocycles. The molecule has 2 rings (SSSR count). The van der Waals surface area contributed by atoms with Crippen molar-refractivity contribution in [3.05, 3.63) is 56.1 Å².